The van der Waals surface area contributed by atoms with Gasteiger partial charge in [0.05, 0.1) is 24.0 Å². The highest BCUT2D eigenvalue weighted by Gasteiger charge is 2.58. The molecule has 4 aromatic rings. The lowest BCUT2D eigenvalue weighted by Gasteiger charge is -2.61. The minimum atomic E-state index is -1.51. The lowest BCUT2D eigenvalue weighted by atomic mass is 9.50. The van der Waals surface area contributed by atoms with Crippen molar-refractivity contribution >= 4 is 23.5 Å². The first-order valence-electron chi connectivity index (χ1n) is 13.6. The number of hydrogen-bond donors (Lipinski definition) is 3. The van der Waals surface area contributed by atoms with Crippen molar-refractivity contribution < 1.29 is 18.7 Å². The van der Waals surface area contributed by atoms with Gasteiger partial charge >= 0.3 is 6.09 Å². The molecule has 3 aliphatic carbocycles. The number of carbonyl (C=O) groups is 1. The molecule has 5 aliphatic rings. The van der Waals surface area contributed by atoms with E-state index in [1.54, 1.807) is 18.5 Å². The zero-order valence-electron chi connectivity index (χ0n) is 21.6. The van der Waals surface area contributed by atoms with Crippen LogP contribution in [0.5, 0.6) is 0 Å². The van der Waals surface area contributed by atoms with Crippen LogP contribution in [0.25, 0.3) is 5.65 Å². The predicted molar refractivity (Wildman–Crippen MR) is 138 cm³/mol. The molecule has 3 saturated carbocycles. The van der Waals surface area contributed by atoms with Gasteiger partial charge in [0.1, 0.15) is 11.8 Å². The van der Waals surface area contributed by atoms with E-state index in [0.29, 0.717) is 23.5 Å². The molecule has 4 aromatic heterocycles. The number of ether oxygens (including phenoxy) is 2. The molecule has 3 atom stereocenters. The third-order valence-electron chi connectivity index (χ3n) is 8.55. The molecule has 13 nitrogen and oxygen atoms in total. The molecule has 5 fully saturated rings. The molecular weight excluding hydrogens is 519 g/mol. The minimum absolute atomic E-state index is 0.0188. The van der Waals surface area contributed by atoms with Gasteiger partial charge < -0.3 is 20.1 Å². The Kier molecular flexibility index (Phi) is 5.35. The van der Waals surface area contributed by atoms with Crippen LogP contribution in [0, 0.1) is 5.92 Å². The van der Waals surface area contributed by atoms with Gasteiger partial charge in [-0.3, -0.25) is 19.1 Å². The highest BCUT2D eigenvalue weighted by atomic mass is 19.1. The Hall–Kier alpha value is -4.04. The van der Waals surface area contributed by atoms with Gasteiger partial charge in [-0.25, -0.2) is 19.2 Å². The summed E-state index contributed by atoms with van der Waals surface area (Å²) in [5, 5.41) is 17.5. The van der Waals surface area contributed by atoms with Crippen molar-refractivity contribution in [1.82, 2.24) is 44.6 Å². The molecule has 6 heterocycles. The number of aromatic nitrogens is 7. The molecule has 9 rings (SSSR count). The van der Waals surface area contributed by atoms with Crippen molar-refractivity contribution in [1.29, 1.82) is 0 Å². The smallest absolute Gasteiger partial charge is 0.408 e. The minimum Gasteiger partial charge on any atom is -0.441 e. The third kappa shape index (κ3) is 4.09. The number of halogens is 1. The maximum atomic E-state index is 15.2. The Balaban J connectivity index is 0.897. The first-order chi connectivity index (χ1) is 19.5. The number of alkyl carbamates (subject to hydrolysis) is 1. The van der Waals surface area contributed by atoms with Crippen molar-refractivity contribution in [2.24, 2.45) is 5.92 Å². The van der Waals surface area contributed by atoms with Crippen LogP contribution >= 0.6 is 0 Å². The number of hydrogen-bond acceptors (Lipinski definition) is 9. The fourth-order valence-electron chi connectivity index (χ4n) is 6.32. The molecule has 0 unspecified atom stereocenters. The second kappa shape index (κ2) is 8.99. The summed E-state index contributed by atoms with van der Waals surface area (Å²) in [6.07, 6.45) is 6.42. The second-order valence-electron chi connectivity index (χ2n) is 11.4. The number of H-pyrrole nitrogens is 1. The topological polar surface area (TPSA) is 140 Å². The number of fused-ring (bicyclic) bond motifs is 1. The van der Waals surface area contributed by atoms with Crippen LogP contribution in [-0.2, 0) is 16.0 Å². The van der Waals surface area contributed by atoms with Gasteiger partial charge in [0.25, 0.3) is 0 Å². The third-order valence-corrected chi connectivity index (χ3v) is 8.55. The van der Waals surface area contributed by atoms with E-state index in [-0.39, 0.29) is 12.1 Å². The van der Waals surface area contributed by atoms with E-state index in [1.807, 2.05) is 33.6 Å². The lowest BCUT2D eigenvalue weighted by molar-refractivity contribution is -0.0528. The van der Waals surface area contributed by atoms with E-state index in [4.69, 9.17) is 14.5 Å². The standard InChI is InChI=1S/C26H29FN10O3/c27-22-19(40-25(38)32-26-7-15(8-26)9-26)14-39-23(22)18-6-20(34-33-18)31-24-28-4-2-21-30-16(11-36(21)24)10-35-12-17(13-35)37-5-1-3-29-37/h1-6,11,15,17,19,22-23H,7-10,12-14H2,(H,32,38)(H2,28,31,33,34)/t15?,19-,22+,23-,26?/m0/s1. The molecule has 14 heteroatoms. The fourth-order valence-corrected chi connectivity index (χ4v) is 6.32. The van der Waals surface area contributed by atoms with Crippen molar-refractivity contribution in [3.8, 4) is 0 Å². The van der Waals surface area contributed by atoms with Crippen molar-refractivity contribution in [3.63, 3.8) is 0 Å². The maximum Gasteiger partial charge on any atom is 0.408 e. The van der Waals surface area contributed by atoms with Crippen LogP contribution in [0.15, 0.2) is 43.0 Å². The summed E-state index contributed by atoms with van der Waals surface area (Å²) in [7, 11) is 0. The molecule has 2 bridgehead atoms. The first kappa shape index (κ1) is 23.8. The number of nitrogens with one attached hydrogen (secondary N) is 3. The molecule has 0 spiro atoms. The van der Waals surface area contributed by atoms with Gasteiger partial charge in [-0.05, 0) is 37.3 Å². The summed E-state index contributed by atoms with van der Waals surface area (Å²) >= 11 is 0. The van der Waals surface area contributed by atoms with E-state index in [1.165, 1.54) is 0 Å². The van der Waals surface area contributed by atoms with Crippen molar-refractivity contribution in [2.75, 3.05) is 25.0 Å². The van der Waals surface area contributed by atoms with Crippen molar-refractivity contribution in [2.45, 2.75) is 55.8 Å². The van der Waals surface area contributed by atoms with Crippen LogP contribution in [0.4, 0.5) is 21.0 Å². The fraction of sp³-hybridized carbons (Fsp3) is 0.500. The number of likely N-dealkylation sites (tertiary alicyclic amines) is 1. The second-order valence-corrected chi connectivity index (χ2v) is 11.4. The first-order valence-corrected chi connectivity index (χ1v) is 13.6. The number of carbonyl (C=O) groups excluding carboxylic acids is 1. The monoisotopic (exact) mass is 548 g/mol. The van der Waals surface area contributed by atoms with E-state index >= 15 is 4.39 Å². The number of nitrogens with zero attached hydrogens (tertiary/aromatic N) is 7. The van der Waals surface area contributed by atoms with Gasteiger partial charge in [-0.2, -0.15) is 10.2 Å². The summed E-state index contributed by atoms with van der Waals surface area (Å²) in [6, 6.07) is 5.85. The van der Waals surface area contributed by atoms with Crippen LogP contribution in [0.1, 0.15) is 42.8 Å². The van der Waals surface area contributed by atoms with Crippen LogP contribution in [0.2, 0.25) is 0 Å². The summed E-state index contributed by atoms with van der Waals surface area (Å²) in [6.45, 7) is 2.55. The Labute approximate surface area is 228 Å². The SMILES string of the molecule is O=C(NC12CC(C1)C2)O[C@H]1CO[C@@H](c2cc(Nc3nccc4nc(CN5CC(n6cccn6)C5)cn34)n[nH]2)[C@@H]1F. The molecule has 3 N–H and O–H groups in total. The summed E-state index contributed by atoms with van der Waals surface area (Å²) < 4.78 is 30.1. The number of rotatable bonds is 8. The number of imidazole rings is 1. The summed E-state index contributed by atoms with van der Waals surface area (Å²) in [5.41, 5.74) is 2.01. The quantitative estimate of drug-likeness (QED) is 0.303. The van der Waals surface area contributed by atoms with Gasteiger partial charge in [-0.15, -0.1) is 0 Å². The van der Waals surface area contributed by atoms with E-state index in [2.05, 4.69) is 35.8 Å². The molecule has 2 saturated heterocycles. The molecule has 1 amide bonds. The van der Waals surface area contributed by atoms with Gasteiger partial charge in [-0.1, -0.05) is 0 Å². The van der Waals surface area contributed by atoms with Gasteiger partial charge in [0, 0.05) is 56.0 Å². The average molecular weight is 549 g/mol. The number of alkyl halides is 1. The van der Waals surface area contributed by atoms with Gasteiger partial charge in [0.2, 0.25) is 5.95 Å². The Bertz CT molecular complexity index is 1530. The molecule has 40 heavy (non-hydrogen) atoms. The summed E-state index contributed by atoms with van der Waals surface area (Å²) in [5.74, 6) is 1.71. The average Bonchev–Trinajstić information content (AvgIpc) is 3.66. The zero-order chi connectivity index (χ0) is 26.8. The number of amides is 1. The molecule has 0 aromatic carbocycles. The normalized spacial score (nSPS) is 29.5. The van der Waals surface area contributed by atoms with Crippen LogP contribution in [-0.4, -0.2) is 82.9 Å². The molecule has 2 aliphatic heterocycles. The largest absolute Gasteiger partial charge is 0.441 e. The van der Waals surface area contributed by atoms with Gasteiger partial charge in [0.15, 0.2) is 18.1 Å². The van der Waals surface area contributed by atoms with Crippen molar-refractivity contribution in [3.05, 3.63) is 54.4 Å². The Morgan fingerprint density at radius 1 is 1.27 bits per heavy atom. The maximum absolute atomic E-state index is 15.2. The van der Waals surface area contributed by atoms with Crippen LogP contribution in [0.3, 0.4) is 0 Å². The highest BCUT2D eigenvalue weighted by Crippen LogP contribution is 2.57. The number of aromatic amines is 1. The molecule has 208 valence electrons. The predicted octanol–water partition coefficient (Wildman–Crippen LogP) is 2.51. The Morgan fingerprint density at radius 2 is 2.15 bits per heavy atom. The van der Waals surface area contributed by atoms with E-state index < -0.39 is 24.5 Å². The Morgan fingerprint density at radius 3 is 2.92 bits per heavy atom. The van der Waals surface area contributed by atoms with E-state index in [0.717, 1.165) is 56.2 Å². The van der Waals surface area contributed by atoms with E-state index in [9.17, 15) is 4.79 Å². The van der Waals surface area contributed by atoms with Crippen LogP contribution < -0.4 is 10.6 Å². The molecular formula is C26H29FN10O3. The molecule has 0 radical (unpaired) electrons. The lowest BCUT2D eigenvalue weighted by Crippen LogP contribution is -2.68. The number of anilines is 2. The highest BCUT2D eigenvalue weighted by molar-refractivity contribution is 5.69. The zero-order valence-corrected chi connectivity index (χ0v) is 21.6. The summed E-state index contributed by atoms with van der Waals surface area (Å²) in [4.78, 5) is 23.8.